The fourth-order valence-corrected chi connectivity index (χ4v) is 1.24. The van der Waals surface area contributed by atoms with E-state index in [0.717, 1.165) is 0 Å². The molecule has 0 unspecified atom stereocenters. The number of nitrogens with one attached hydrogen (secondary N) is 1. The molecule has 0 aromatic heterocycles. The van der Waals surface area contributed by atoms with Gasteiger partial charge >= 0.3 is 0 Å². The lowest BCUT2D eigenvalue weighted by molar-refractivity contribution is 0.339. The topological polar surface area (TPSA) is 71.1 Å². The first-order valence-electron chi connectivity index (χ1n) is 4.40. The third kappa shape index (κ3) is 3.11. The van der Waals surface area contributed by atoms with Gasteiger partial charge in [-0.15, -0.1) is 0 Å². The first kappa shape index (κ1) is 11.3. The van der Waals surface area contributed by atoms with Crippen molar-refractivity contribution in [2.24, 2.45) is 5.73 Å². The molecule has 5 heteroatoms. The van der Waals surface area contributed by atoms with Gasteiger partial charge in [0.1, 0.15) is 11.8 Å². The molecule has 78 valence electrons. The third-order valence-electron chi connectivity index (χ3n) is 1.67. The predicted molar refractivity (Wildman–Crippen MR) is 62.7 cm³/mol. The van der Waals surface area contributed by atoms with Crippen LogP contribution in [0.3, 0.4) is 0 Å². The summed E-state index contributed by atoms with van der Waals surface area (Å²) in [7, 11) is 0. The van der Waals surface area contributed by atoms with Gasteiger partial charge in [0.2, 0.25) is 0 Å². The van der Waals surface area contributed by atoms with Crippen molar-refractivity contribution >= 4 is 23.0 Å². The van der Waals surface area contributed by atoms with Gasteiger partial charge in [0, 0.05) is 5.69 Å². The van der Waals surface area contributed by atoms with Gasteiger partial charge in [0.15, 0.2) is 5.11 Å². The zero-order valence-corrected chi connectivity index (χ0v) is 9.10. The van der Waals surface area contributed by atoms with Gasteiger partial charge in [-0.3, -0.25) is 0 Å². The van der Waals surface area contributed by atoms with Crippen LogP contribution in [-0.4, -0.2) is 11.7 Å². The second-order valence-corrected chi connectivity index (χ2v) is 3.18. The Morgan fingerprint density at radius 2 is 2.40 bits per heavy atom. The Bertz CT molecular complexity index is 412. The molecule has 4 nitrogen and oxygen atoms in total. The summed E-state index contributed by atoms with van der Waals surface area (Å²) in [5.74, 6) is 0.563. The Labute approximate surface area is 93.6 Å². The zero-order chi connectivity index (χ0) is 11.3. The number of anilines is 1. The number of nitriles is 1. The number of benzene rings is 1. The van der Waals surface area contributed by atoms with E-state index in [1.54, 1.807) is 18.2 Å². The fourth-order valence-electron chi connectivity index (χ4n) is 1.12. The zero-order valence-electron chi connectivity index (χ0n) is 8.28. The van der Waals surface area contributed by atoms with E-state index in [2.05, 4.69) is 5.32 Å². The van der Waals surface area contributed by atoms with Crippen molar-refractivity contribution in [2.75, 3.05) is 11.9 Å². The molecule has 3 N–H and O–H groups in total. The molecule has 1 aromatic carbocycles. The van der Waals surface area contributed by atoms with E-state index in [9.17, 15) is 0 Å². The summed E-state index contributed by atoms with van der Waals surface area (Å²) < 4.78 is 5.27. The van der Waals surface area contributed by atoms with E-state index >= 15 is 0 Å². The second-order valence-electron chi connectivity index (χ2n) is 2.75. The van der Waals surface area contributed by atoms with Crippen LogP contribution >= 0.6 is 12.2 Å². The molecule has 0 saturated carbocycles. The third-order valence-corrected chi connectivity index (χ3v) is 1.77. The lowest BCUT2D eigenvalue weighted by atomic mass is 10.2. The van der Waals surface area contributed by atoms with Crippen molar-refractivity contribution in [2.45, 2.75) is 6.92 Å². The van der Waals surface area contributed by atoms with Crippen LogP contribution in [0.4, 0.5) is 5.69 Å². The summed E-state index contributed by atoms with van der Waals surface area (Å²) in [6.07, 6.45) is 0. The fraction of sp³-hybridized carbons (Fsp3) is 0.200. The highest BCUT2D eigenvalue weighted by Crippen LogP contribution is 2.21. The van der Waals surface area contributed by atoms with Crippen molar-refractivity contribution in [3.8, 4) is 11.8 Å². The molecule has 0 amide bonds. The molecule has 0 fully saturated rings. The summed E-state index contributed by atoms with van der Waals surface area (Å²) in [5.41, 5.74) is 6.46. The van der Waals surface area contributed by atoms with E-state index in [0.29, 0.717) is 23.6 Å². The van der Waals surface area contributed by atoms with Crippen LogP contribution in [-0.2, 0) is 0 Å². The molecule has 0 spiro atoms. The van der Waals surface area contributed by atoms with Crippen LogP contribution in [0.25, 0.3) is 0 Å². The summed E-state index contributed by atoms with van der Waals surface area (Å²) in [6.45, 7) is 2.39. The quantitative estimate of drug-likeness (QED) is 0.759. The monoisotopic (exact) mass is 221 g/mol. The van der Waals surface area contributed by atoms with Crippen LogP contribution in [0.2, 0.25) is 0 Å². The smallest absolute Gasteiger partial charge is 0.168 e. The average molecular weight is 221 g/mol. The van der Waals surface area contributed by atoms with Gasteiger partial charge in [0.05, 0.1) is 12.2 Å². The van der Waals surface area contributed by atoms with Crippen LogP contribution in [0, 0.1) is 11.3 Å². The van der Waals surface area contributed by atoms with Crippen molar-refractivity contribution in [3.63, 3.8) is 0 Å². The van der Waals surface area contributed by atoms with E-state index in [1.807, 2.05) is 13.0 Å². The lowest BCUT2D eigenvalue weighted by Gasteiger charge is -2.08. The van der Waals surface area contributed by atoms with Gasteiger partial charge in [-0.1, -0.05) is 0 Å². The number of nitrogens with zero attached hydrogens (tertiary/aromatic N) is 1. The van der Waals surface area contributed by atoms with Gasteiger partial charge in [0.25, 0.3) is 0 Å². The van der Waals surface area contributed by atoms with E-state index in [-0.39, 0.29) is 5.11 Å². The first-order chi connectivity index (χ1) is 7.17. The van der Waals surface area contributed by atoms with Gasteiger partial charge in [-0.2, -0.15) is 5.26 Å². The van der Waals surface area contributed by atoms with E-state index in [4.69, 9.17) is 28.0 Å². The maximum Gasteiger partial charge on any atom is 0.168 e. The first-order valence-corrected chi connectivity index (χ1v) is 4.81. The normalized spacial score (nSPS) is 9.07. The number of hydrogen-bond acceptors (Lipinski definition) is 3. The molecule has 0 aliphatic carbocycles. The summed E-state index contributed by atoms with van der Waals surface area (Å²) in [6, 6.07) is 7.15. The summed E-state index contributed by atoms with van der Waals surface area (Å²) in [5, 5.41) is 11.8. The van der Waals surface area contributed by atoms with E-state index < -0.39 is 0 Å². The maximum absolute atomic E-state index is 8.88. The van der Waals surface area contributed by atoms with Gasteiger partial charge in [-0.05, 0) is 37.3 Å². The van der Waals surface area contributed by atoms with Crippen LogP contribution in [0.5, 0.6) is 5.75 Å². The highest BCUT2D eigenvalue weighted by atomic mass is 32.1. The molecule has 1 aromatic rings. The minimum Gasteiger partial charge on any atom is -0.492 e. The molecule has 0 atom stereocenters. The Hall–Kier alpha value is -1.80. The molecule has 0 heterocycles. The highest BCUT2D eigenvalue weighted by molar-refractivity contribution is 7.80. The number of hydrogen-bond donors (Lipinski definition) is 2. The lowest BCUT2D eigenvalue weighted by Crippen LogP contribution is -2.18. The molecule has 0 aliphatic heterocycles. The van der Waals surface area contributed by atoms with Crippen molar-refractivity contribution < 1.29 is 4.74 Å². The highest BCUT2D eigenvalue weighted by Gasteiger charge is 2.04. The average Bonchev–Trinajstić information content (AvgIpc) is 2.20. The van der Waals surface area contributed by atoms with Gasteiger partial charge in [-0.25, -0.2) is 0 Å². The Morgan fingerprint density at radius 1 is 1.67 bits per heavy atom. The van der Waals surface area contributed by atoms with Crippen LogP contribution in [0.15, 0.2) is 18.2 Å². The van der Waals surface area contributed by atoms with Gasteiger partial charge < -0.3 is 15.8 Å². The largest absolute Gasteiger partial charge is 0.492 e. The maximum atomic E-state index is 8.88. The Morgan fingerprint density at radius 3 is 2.93 bits per heavy atom. The molecular formula is C10H11N3OS. The number of thiocarbonyl (C=S) groups is 1. The van der Waals surface area contributed by atoms with E-state index in [1.165, 1.54) is 0 Å². The Balaban J connectivity index is 2.98. The molecule has 15 heavy (non-hydrogen) atoms. The number of nitrogens with two attached hydrogens (primary N) is 1. The standard InChI is InChI=1S/C10H11N3OS/c1-2-14-9-4-3-8(13-10(12)15)5-7(9)6-11/h3-5H,2H2,1H3,(H3,12,13,15). The van der Waals surface area contributed by atoms with Crippen LogP contribution < -0.4 is 15.8 Å². The minimum absolute atomic E-state index is 0.169. The molecule has 0 saturated heterocycles. The number of rotatable bonds is 3. The Kier molecular flexibility index (Phi) is 3.89. The summed E-state index contributed by atoms with van der Waals surface area (Å²) in [4.78, 5) is 0. The SMILES string of the molecule is CCOc1ccc(NC(N)=S)cc1C#N. The predicted octanol–water partition coefficient (Wildman–Crippen LogP) is 1.61. The van der Waals surface area contributed by atoms with Crippen molar-refractivity contribution in [1.29, 1.82) is 5.26 Å². The summed E-state index contributed by atoms with van der Waals surface area (Å²) >= 11 is 4.69. The second kappa shape index (κ2) is 5.17. The molecule has 1 rings (SSSR count). The van der Waals surface area contributed by atoms with Crippen molar-refractivity contribution in [3.05, 3.63) is 23.8 Å². The molecular weight excluding hydrogens is 210 g/mol. The van der Waals surface area contributed by atoms with Crippen molar-refractivity contribution in [1.82, 2.24) is 0 Å². The number of ether oxygens (including phenoxy) is 1. The molecule has 0 aliphatic rings. The van der Waals surface area contributed by atoms with Crippen LogP contribution in [0.1, 0.15) is 12.5 Å². The molecule has 0 bridgehead atoms. The minimum atomic E-state index is 0.169. The molecule has 0 radical (unpaired) electrons.